The van der Waals surface area contributed by atoms with Crippen LogP contribution in [0.25, 0.3) is 6.08 Å². The summed E-state index contributed by atoms with van der Waals surface area (Å²) in [5, 5.41) is 7.46. The molecule has 0 aromatic heterocycles. The molecule has 0 saturated carbocycles. The van der Waals surface area contributed by atoms with E-state index in [0.29, 0.717) is 11.4 Å². The number of benzene rings is 2. The van der Waals surface area contributed by atoms with Crippen LogP contribution in [0.3, 0.4) is 0 Å². The summed E-state index contributed by atoms with van der Waals surface area (Å²) >= 11 is 0. The third-order valence-electron chi connectivity index (χ3n) is 3.34. The number of rotatable bonds is 7. The molecule has 0 radical (unpaired) electrons. The fourth-order valence-corrected chi connectivity index (χ4v) is 2.50. The summed E-state index contributed by atoms with van der Waals surface area (Å²) < 4.78 is 32.2. The van der Waals surface area contributed by atoms with Gasteiger partial charge in [0.25, 0.3) is 5.91 Å². The van der Waals surface area contributed by atoms with E-state index in [0.717, 1.165) is 5.56 Å². The summed E-state index contributed by atoms with van der Waals surface area (Å²) in [6, 6.07) is 12.3. The van der Waals surface area contributed by atoms with Gasteiger partial charge in [-0.15, -0.1) is 0 Å². The van der Waals surface area contributed by atoms with Gasteiger partial charge in [-0.3, -0.25) is 4.79 Å². The molecule has 9 heteroatoms. The molecule has 2 aromatic carbocycles. The van der Waals surface area contributed by atoms with Crippen LogP contribution in [-0.2, 0) is 24.3 Å². The standard InChI is InChI=1S/C18H18N2O6S/c1-25-15-7-2-13(3-8-15)4-11-18(22)26-12-17(21)20-14-5-9-16(10-6-14)27(19,23)24/h2-11H,12H2,1H3,(H,20,21)(H2,19,23,24)/b11-4+. The number of methoxy groups -OCH3 is 1. The van der Waals surface area contributed by atoms with Gasteiger partial charge < -0.3 is 14.8 Å². The number of nitrogens with two attached hydrogens (primary N) is 1. The van der Waals surface area contributed by atoms with Gasteiger partial charge in [0, 0.05) is 11.8 Å². The van der Waals surface area contributed by atoms with Crippen LogP contribution in [0, 0.1) is 0 Å². The largest absolute Gasteiger partial charge is 0.497 e. The highest BCUT2D eigenvalue weighted by molar-refractivity contribution is 7.89. The number of ether oxygens (including phenoxy) is 2. The number of hydrogen-bond acceptors (Lipinski definition) is 6. The maximum atomic E-state index is 11.8. The summed E-state index contributed by atoms with van der Waals surface area (Å²) in [5.74, 6) is -0.543. The molecule has 0 aliphatic heterocycles. The molecule has 142 valence electrons. The van der Waals surface area contributed by atoms with Crippen molar-refractivity contribution >= 4 is 33.7 Å². The maximum absolute atomic E-state index is 11.8. The SMILES string of the molecule is COc1ccc(/C=C/C(=O)OCC(=O)Nc2ccc(S(N)(=O)=O)cc2)cc1. The van der Waals surface area contributed by atoms with E-state index in [1.807, 2.05) is 0 Å². The third-order valence-corrected chi connectivity index (χ3v) is 4.27. The monoisotopic (exact) mass is 390 g/mol. The number of carbonyl (C=O) groups excluding carboxylic acids is 2. The number of sulfonamides is 1. The highest BCUT2D eigenvalue weighted by Gasteiger charge is 2.09. The molecule has 0 atom stereocenters. The highest BCUT2D eigenvalue weighted by Crippen LogP contribution is 2.13. The van der Waals surface area contributed by atoms with E-state index >= 15 is 0 Å². The van der Waals surface area contributed by atoms with Gasteiger partial charge in [0.15, 0.2) is 6.61 Å². The number of nitrogens with one attached hydrogen (secondary N) is 1. The van der Waals surface area contributed by atoms with Gasteiger partial charge in [0.2, 0.25) is 10.0 Å². The second kappa shape index (κ2) is 8.97. The van der Waals surface area contributed by atoms with Crippen LogP contribution in [-0.4, -0.2) is 34.0 Å². The van der Waals surface area contributed by atoms with Crippen LogP contribution in [0.2, 0.25) is 0 Å². The number of hydrogen-bond donors (Lipinski definition) is 2. The van der Waals surface area contributed by atoms with E-state index in [1.165, 1.54) is 30.3 Å². The third kappa shape index (κ3) is 6.57. The Morgan fingerprint density at radius 3 is 2.26 bits per heavy atom. The molecule has 0 unspecified atom stereocenters. The summed E-state index contributed by atoms with van der Waals surface area (Å²) in [4.78, 5) is 23.4. The molecule has 0 heterocycles. The minimum atomic E-state index is -3.80. The predicted octanol–water partition coefficient (Wildman–Crippen LogP) is 1.54. The minimum absolute atomic E-state index is 0.0735. The first-order valence-corrected chi connectivity index (χ1v) is 9.24. The zero-order valence-corrected chi connectivity index (χ0v) is 15.2. The molecule has 27 heavy (non-hydrogen) atoms. The van der Waals surface area contributed by atoms with Crippen LogP contribution in [0.4, 0.5) is 5.69 Å². The Labute approximate surface area is 156 Å². The van der Waals surface area contributed by atoms with Crippen LogP contribution in [0.1, 0.15) is 5.56 Å². The zero-order chi connectivity index (χ0) is 19.9. The molecule has 3 N–H and O–H groups in total. The van der Waals surface area contributed by atoms with E-state index in [4.69, 9.17) is 14.6 Å². The lowest BCUT2D eigenvalue weighted by Gasteiger charge is -2.06. The molecule has 0 aliphatic rings. The first-order chi connectivity index (χ1) is 12.8. The number of anilines is 1. The number of primary sulfonamides is 1. The van der Waals surface area contributed by atoms with E-state index in [1.54, 1.807) is 37.5 Å². The molecule has 0 spiro atoms. The highest BCUT2D eigenvalue weighted by atomic mass is 32.2. The average molecular weight is 390 g/mol. The van der Waals surface area contributed by atoms with Crippen LogP contribution < -0.4 is 15.2 Å². The van der Waals surface area contributed by atoms with Crippen molar-refractivity contribution in [2.75, 3.05) is 19.0 Å². The summed E-state index contributed by atoms with van der Waals surface area (Å²) in [6.45, 7) is -0.483. The first-order valence-electron chi connectivity index (χ1n) is 7.69. The second-order valence-electron chi connectivity index (χ2n) is 5.33. The predicted molar refractivity (Wildman–Crippen MR) is 99.4 cm³/mol. The van der Waals surface area contributed by atoms with Crippen LogP contribution in [0.5, 0.6) is 5.75 Å². The smallest absolute Gasteiger partial charge is 0.331 e. The molecule has 0 fully saturated rings. The van der Waals surface area contributed by atoms with Gasteiger partial charge in [-0.1, -0.05) is 12.1 Å². The topological polar surface area (TPSA) is 125 Å². The molecule has 2 rings (SSSR count). The molecule has 2 aromatic rings. The Balaban J connectivity index is 1.82. The van der Waals surface area contributed by atoms with E-state index in [9.17, 15) is 18.0 Å². The summed E-state index contributed by atoms with van der Waals surface area (Å²) in [7, 11) is -2.24. The molecule has 0 bridgehead atoms. The molecular weight excluding hydrogens is 372 g/mol. The van der Waals surface area contributed by atoms with Gasteiger partial charge in [-0.25, -0.2) is 18.4 Å². The Bertz CT molecular complexity index is 935. The number of amides is 1. The van der Waals surface area contributed by atoms with Crippen LogP contribution in [0.15, 0.2) is 59.5 Å². The van der Waals surface area contributed by atoms with Gasteiger partial charge in [0.1, 0.15) is 5.75 Å². The van der Waals surface area contributed by atoms with Crippen molar-refractivity contribution in [3.8, 4) is 5.75 Å². The fourth-order valence-electron chi connectivity index (χ4n) is 1.99. The van der Waals surface area contributed by atoms with Crippen molar-refractivity contribution in [1.29, 1.82) is 0 Å². The van der Waals surface area contributed by atoms with Crippen molar-refractivity contribution in [1.82, 2.24) is 0 Å². The lowest BCUT2D eigenvalue weighted by atomic mass is 10.2. The molecule has 1 amide bonds. The zero-order valence-electron chi connectivity index (χ0n) is 14.4. The van der Waals surface area contributed by atoms with E-state index in [-0.39, 0.29) is 4.90 Å². The summed E-state index contributed by atoms with van der Waals surface area (Å²) in [6.07, 6.45) is 2.75. The van der Waals surface area contributed by atoms with Crippen molar-refractivity contribution in [3.05, 3.63) is 60.2 Å². The van der Waals surface area contributed by atoms with Gasteiger partial charge >= 0.3 is 5.97 Å². The quantitative estimate of drug-likeness (QED) is 0.546. The lowest BCUT2D eigenvalue weighted by Crippen LogP contribution is -2.20. The van der Waals surface area contributed by atoms with Gasteiger partial charge in [-0.05, 0) is 48.0 Å². The number of carbonyl (C=O) groups is 2. The van der Waals surface area contributed by atoms with E-state index in [2.05, 4.69) is 5.32 Å². The lowest BCUT2D eigenvalue weighted by molar-refractivity contribution is -0.142. The molecule has 0 aliphatic carbocycles. The Morgan fingerprint density at radius 1 is 1.07 bits per heavy atom. The van der Waals surface area contributed by atoms with E-state index < -0.39 is 28.5 Å². The van der Waals surface area contributed by atoms with Crippen LogP contribution >= 0.6 is 0 Å². The second-order valence-corrected chi connectivity index (χ2v) is 6.89. The van der Waals surface area contributed by atoms with Crippen molar-refractivity contribution in [2.24, 2.45) is 5.14 Å². The average Bonchev–Trinajstić information content (AvgIpc) is 2.65. The number of esters is 1. The van der Waals surface area contributed by atoms with Crippen molar-refractivity contribution < 1.29 is 27.5 Å². The Hall–Kier alpha value is -3.17. The molecular formula is C18H18N2O6S. The minimum Gasteiger partial charge on any atom is -0.497 e. The van der Waals surface area contributed by atoms with Gasteiger partial charge in [-0.2, -0.15) is 0 Å². The van der Waals surface area contributed by atoms with Crippen molar-refractivity contribution in [3.63, 3.8) is 0 Å². The molecule has 8 nitrogen and oxygen atoms in total. The normalized spacial score (nSPS) is 11.2. The Kier molecular flexibility index (Phi) is 6.69. The maximum Gasteiger partial charge on any atom is 0.331 e. The first kappa shape index (κ1) is 20.1. The summed E-state index contributed by atoms with van der Waals surface area (Å²) in [5.41, 5.74) is 1.12. The van der Waals surface area contributed by atoms with Gasteiger partial charge in [0.05, 0.1) is 12.0 Å². The fraction of sp³-hybridized carbons (Fsp3) is 0.111. The van der Waals surface area contributed by atoms with Crippen molar-refractivity contribution in [2.45, 2.75) is 4.90 Å². The Morgan fingerprint density at radius 2 is 1.70 bits per heavy atom. The molecule has 0 saturated heterocycles.